The highest BCUT2D eigenvalue weighted by Gasteiger charge is 2.39. The summed E-state index contributed by atoms with van der Waals surface area (Å²) in [5.41, 5.74) is -6.57. The van der Waals surface area contributed by atoms with Gasteiger partial charge in [-0.25, -0.2) is 4.79 Å². The molecule has 0 bridgehead atoms. The van der Waals surface area contributed by atoms with Crippen molar-refractivity contribution in [2.24, 2.45) is 0 Å². The Morgan fingerprint density at radius 1 is 0.234 bits per heavy atom. The van der Waals surface area contributed by atoms with Gasteiger partial charge in [0.1, 0.15) is 22.2 Å². The van der Waals surface area contributed by atoms with E-state index >= 15 is 0 Å². The molecule has 41 nitrogen and oxygen atoms in total. The molecule has 0 aromatic rings. The molecule has 6 N–H and O–H groups in total. The van der Waals surface area contributed by atoms with Crippen LogP contribution in [0.25, 0.3) is 0 Å². The Hall–Kier alpha value is -8.10. The Bertz CT molecular complexity index is 2390. The van der Waals surface area contributed by atoms with E-state index < -0.39 is 178 Å². The number of amides is 5. The minimum atomic E-state index is -1.81. The highest BCUT2D eigenvalue weighted by atomic mass is 16.6. The number of hydrogen-bond donors (Lipinski definition) is 6. The third-order valence-corrected chi connectivity index (χ3v) is 14.5. The second-order valence-corrected chi connectivity index (χ2v) is 23.5. The Kier molecular flexibility index (Phi) is 56.3. The van der Waals surface area contributed by atoms with E-state index in [1.165, 1.54) is 56.9 Å². The SMILES string of the molecule is COC(=O)CCOCC(COCCC(=O)O)(COCCC(=O)OC)NC(=O)CCOCC(COCCC(=O)NC(COCCC(=O)OC)(COCCC(=O)OC)COCCC(=O)OC)(COCCC(=O)NC(COCCC(=O)OC)(COCCC(=O)OC)COCCC(=O)OC)NC(=O)CCCNC(=O)OC. The van der Waals surface area contributed by atoms with E-state index in [9.17, 15) is 72.2 Å². The summed E-state index contributed by atoms with van der Waals surface area (Å²) >= 11 is 0. The minimum absolute atomic E-state index is 0.0381. The molecule has 0 saturated carbocycles. The van der Waals surface area contributed by atoms with Crippen LogP contribution in [0.15, 0.2) is 0 Å². The third-order valence-electron chi connectivity index (χ3n) is 14.5. The smallest absolute Gasteiger partial charge is 0.406 e. The predicted octanol–water partition coefficient (Wildman–Crippen LogP) is -2.11. The van der Waals surface area contributed by atoms with Crippen LogP contribution in [-0.2, 0) is 162 Å². The summed E-state index contributed by atoms with van der Waals surface area (Å²) in [6, 6.07) is 0. The van der Waals surface area contributed by atoms with Crippen LogP contribution in [-0.4, -0.2) is 340 Å². The van der Waals surface area contributed by atoms with Gasteiger partial charge >= 0.3 is 59.8 Å². The molecule has 0 aromatic carbocycles. The first-order valence-electron chi connectivity index (χ1n) is 34.0. The molecule has 0 saturated heterocycles. The average molecular weight is 1550 g/mol. The lowest BCUT2D eigenvalue weighted by atomic mass is 10.0. The highest BCUT2D eigenvalue weighted by molar-refractivity contribution is 5.79. The van der Waals surface area contributed by atoms with Crippen molar-refractivity contribution in [2.45, 2.75) is 112 Å². The molecule has 616 valence electrons. The first-order chi connectivity index (χ1) is 51.2. The molecule has 41 heteroatoms. The van der Waals surface area contributed by atoms with E-state index in [4.69, 9.17) is 94.7 Å². The van der Waals surface area contributed by atoms with Gasteiger partial charge in [-0.15, -0.1) is 0 Å². The molecule has 0 aromatic heterocycles. The molecule has 0 radical (unpaired) electrons. The largest absolute Gasteiger partial charge is 0.481 e. The molecule has 107 heavy (non-hydrogen) atoms. The van der Waals surface area contributed by atoms with E-state index in [1.54, 1.807) is 0 Å². The summed E-state index contributed by atoms with van der Waals surface area (Å²) in [7, 11) is 10.6. The maximum Gasteiger partial charge on any atom is 0.406 e. The van der Waals surface area contributed by atoms with Crippen LogP contribution >= 0.6 is 0 Å². The van der Waals surface area contributed by atoms with Gasteiger partial charge in [0.15, 0.2) is 0 Å². The number of carbonyl (C=O) groups is 14. The summed E-state index contributed by atoms with van der Waals surface area (Å²) in [4.78, 5) is 176. The number of carbonyl (C=O) groups excluding carboxylic acids is 13. The Labute approximate surface area is 621 Å². The van der Waals surface area contributed by atoms with Crippen LogP contribution < -0.4 is 26.6 Å². The van der Waals surface area contributed by atoms with Gasteiger partial charge in [-0.1, -0.05) is 0 Å². The van der Waals surface area contributed by atoms with Crippen molar-refractivity contribution < 1.29 is 172 Å². The third kappa shape index (κ3) is 51.0. The molecular formula is C66H111N5O36. The van der Waals surface area contributed by atoms with Crippen molar-refractivity contribution in [3.8, 4) is 0 Å². The number of carboxylic acids is 1. The van der Waals surface area contributed by atoms with Crippen LogP contribution in [0.2, 0.25) is 0 Å². The van der Waals surface area contributed by atoms with Gasteiger partial charge in [0.2, 0.25) is 23.6 Å². The molecule has 0 atom stereocenters. The summed E-state index contributed by atoms with van der Waals surface area (Å²) < 4.78 is 113. The first-order valence-corrected chi connectivity index (χ1v) is 34.0. The lowest BCUT2D eigenvalue weighted by Crippen LogP contribution is -2.60. The molecule has 0 fully saturated rings. The van der Waals surface area contributed by atoms with E-state index in [2.05, 4.69) is 31.3 Å². The predicted molar refractivity (Wildman–Crippen MR) is 362 cm³/mol. The average Bonchev–Trinajstić information content (AvgIpc) is 0.867. The molecular weight excluding hydrogens is 1440 g/mol. The summed E-state index contributed by atoms with van der Waals surface area (Å²) in [5.74, 6) is -8.94. The second-order valence-electron chi connectivity index (χ2n) is 23.5. The first kappa shape index (κ1) is 98.9. The van der Waals surface area contributed by atoms with Gasteiger partial charge < -0.3 is 131 Å². The number of hydrogen-bond acceptors (Lipinski definition) is 35. The molecule has 5 amide bonds. The van der Waals surface area contributed by atoms with Crippen LogP contribution in [0, 0.1) is 0 Å². The Morgan fingerprint density at radius 3 is 0.570 bits per heavy atom. The Balaban J connectivity index is 7.79. The number of esters is 8. The molecule has 0 aliphatic heterocycles. The summed E-state index contributed by atoms with van der Waals surface area (Å²) in [6.45, 7) is -8.28. The second kappa shape index (κ2) is 60.9. The van der Waals surface area contributed by atoms with Crippen molar-refractivity contribution in [3.05, 3.63) is 0 Å². The molecule has 0 rings (SSSR count). The zero-order chi connectivity index (χ0) is 80.0. The van der Waals surface area contributed by atoms with Gasteiger partial charge in [-0.2, -0.15) is 0 Å². The van der Waals surface area contributed by atoms with E-state index in [0.29, 0.717) is 0 Å². The summed E-state index contributed by atoms with van der Waals surface area (Å²) in [5, 5.41) is 23.1. The molecule has 0 spiro atoms. The monoisotopic (exact) mass is 1550 g/mol. The van der Waals surface area contributed by atoms with Crippen LogP contribution in [0.1, 0.15) is 89.9 Å². The van der Waals surface area contributed by atoms with Gasteiger partial charge in [0.25, 0.3) is 0 Å². The molecule has 0 heterocycles. The van der Waals surface area contributed by atoms with E-state index in [1.807, 2.05) is 0 Å². The normalized spacial score (nSPS) is 11.4. The van der Waals surface area contributed by atoms with Gasteiger partial charge in [-0.3, -0.25) is 62.3 Å². The number of aliphatic carboxylic acids is 1. The number of ether oxygens (including phenoxy) is 21. The standard InChI is InChI=1S/C66H111N5O36/c1-87-54(78)16-29-100-41-64(40-99-28-15-53(76)77,42-101-30-17-55(79)88-2)69-50(73)12-25-96-37-63(68-49(72)11-10-24-67-62(86)95-9,38-97-26-13-51(74)70-65(43-102-31-18-56(80)89-3,44-103-32-19-57(81)90-4)45-104-33-20-58(82)91-5)39-98-27-14-52(75)71-66(46-105-34-21-59(83)92-6,47-106-35-22-60(84)93-7)48-107-36-23-61(85)94-8/h10-48H2,1-9H3,(H,67,86)(H,68,72)(H,69,73)(H,70,74)(H,71,75)(H,76,77). The van der Waals surface area contributed by atoms with Gasteiger partial charge in [-0.05, 0) is 6.42 Å². The fourth-order valence-electron chi connectivity index (χ4n) is 8.80. The van der Waals surface area contributed by atoms with Crippen molar-refractivity contribution >= 4 is 83.4 Å². The van der Waals surface area contributed by atoms with Crippen molar-refractivity contribution in [2.75, 3.05) is 229 Å². The molecule has 0 aliphatic rings. The lowest BCUT2D eigenvalue weighted by Gasteiger charge is -2.36. The van der Waals surface area contributed by atoms with Crippen molar-refractivity contribution in [3.63, 3.8) is 0 Å². The lowest BCUT2D eigenvalue weighted by molar-refractivity contribution is -0.145. The van der Waals surface area contributed by atoms with E-state index in [-0.39, 0.29) is 183 Å². The van der Waals surface area contributed by atoms with Crippen molar-refractivity contribution in [1.82, 2.24) is 26.6 Å². The van der Waals surface area contributed by atoms with E-state index in [0.717, 1.165) is 7.11 Å². The van der Waals surface area contributed by atoms with Crippen molar-refractivity contribution in [1.29, 1.82) is 0 Å². The molecule has 0 aliphatic carbocycles. The molecule has 0 unspecified atom stereocenters. The van der Waals surface area contributed by atoms with Crippen LogP contribution in [0.5, 0.6) is 0 Å². The maximum absolute atomic E-state index is 14.2. The topological polar surface area (TPSA) is 513 Å². The summed E-state index contributed by atoms with van der Waals surface area (Å²) in [6.07, 6.45) is -4.39. The van der Waals surface area contributed by atoms with Gasteiger partial charge in [0.05, 0.1) is 280 Å². The number of methoxy groups -OCH3 is 9. The number of alkyl carbamates (subject to hydrolysis) is 1. The van der Waals surface area contributed by atoms with Crippen LogP contribution in [0.3, 0.4) is 0 Å². The number of carboxylic acid groups (broad SMARTS) is 1. The number of rotatable bonds is 68. The highest BCUT2D eigenvalue weighted by Crippen LogP contribution is 2.17. The quantitative estimate of drug-likeness (QED) is 0.0216. The van der Waals surface area contributed by atoms with Gasteiger partial charge in [0, 0.05) is 32.2 Å². The fraction of sp³-hybridized carbons (Fsp3) is 0.788. The van der Waals surface area contributed by atoms with Crippen LogP contribution in [0.4, 0.5) is 4.79 Å². The zero-order valence-corrected chi connectivity index (χ0v) is 62.8. The zero-order valence-electron chi connectivity index (χ0n) is 62.8. The maximum atomic E-state index is 14.2. The minimum Gasteiger partial charge on any atom is -0.481 e. The Morgan fingerprint density at radius 2 is 0.402 bits per heavy atom. The fourth-order valence-corrected chi connectivity index (χ4v) is 8.80. The number of nitrogens with one attached hydrogen (secondary N) is 5.